The average Bonchev–Trinajstić information content (AvgIpc) is 3.21. The molecule has 1 atom stereocenters. The maximum absolute atomic E-state index is 11.8. The third-order valence-corrected chi connectivity index (χ3v) is 4.87. The highest BCUT2D eigenvalue weighted by Gasteiger charge is 2.26. The number of nitrogens with one attached hydrogen (secondary N) is 2. The Balaban J connectivity index is 0.00000338. The first-order chi connectivity index (χ1) is 12.0. The van der Waals surface area contributed by atoms with Gasteiger partial charge in [-0.2, -0.15) is 5.10 Å². The zero-order valence-electron chi connectivity index (χ0n) is 16.6. The van der Waals surface area contributed by atoms with Crippen LogP contribution in [0.5, 0.6) is 0 Å². The molecule has 1 aromatic rings. The molecule has 1 amide bonds. The predicted molar refractivity (Wildman–Crippen MR) is 116 cm³/mol. The van der Waals surface area contributed by atoms with Gasteiger partial charge in [-0.05, 0) is 19.3 Å². The van der Waals surface area contributed by atoms with Crippen LogP contribution in [0.4, 0.5) is 0 Å². The molecule has 26 heavy (non-hydrogen) atoms. The Labute approximate surface area is 174 Å². The monoisotopic (exact) mass is 476 g/mol. The normalized spacial score (nSPS) is 17.2. The summed E-state index contributed by atoms with van der Waals surface area (Å²) < 4.78 is 1.98. The summed E-state index contributed by atoms with van der Waals surface area (Å²) in [5.74, 6) is 1.01. The predicted octanol–water partition coefficient (Wildman–Crippen LogP) is 1.84. The van der Waals surface area contributed by atoms with E-state index in [0.717, 1.165) is 44.0 Å². The van der Waals surface area contributed by atoms with Crippen LogP contribution in [0.25, 0.3) is 0 Å². The standard InChI is InChI=1S/C18H32N6O.HI/c1-6-15-14(16(7-2)23(5)22-15)11-20-18(19-4)21-13-9-10-24(12-13)17(25)8-3;/h13H,6-12H2,1-5H3,(H2,19,20,21);1H. The molecular formula is C18H33IN6O. The molecule has 148 valence electrons. The molecular weight excluding hydrogens is 443 g/mol. The summed E-state index contributed by atoms with van der Waals surface area (Å²) >= 11 is 0. The molecule has 0 bridgehead atoms. The number of halogens is 1. The number of carbonyl (C=O) groups is 1. The van der Waals surface area contributed by atoms with Gasteiger partial charge in [-0.15, -0.1) is 24.0 Å². The van der Waals surface area contributed by atoms with Crippen molar-refractivity contribution in [2.24, 2.45) is 12.0 Å². The number of guanidine groups is 1. The van der Waals surface area contributed by atoms with Gasteiger partial charge in [-0.3, -0.25) is 14.5 Å². The van der Waals surface area contributed by atoms with Gasteiger partial charge in [0.05, 0.1) is 5.69 Å². The van der Waals surface area contributed by atoms with E-state index in [1.807, 2.05) is 23.6 Å². The number of aliphatic imine (C=N–C) groups is 1. The van der Waals surface area contributed by atoms with E-state index in [0.29, 0.717) is 13.0 Å². The fourth-order valence-corrected chi connectivity index (χ4v) is 3.48. The summed E-state index contributed by atoms with van der Waals surface area (Å²) in [7, 11) is 3.79. The zero-order valence-corrected chi connectivity index (χ0v) is 19.0. The number of carbonyl (C=O) groups excluding carboxylic acids is 1. The molecule has 0 aliphatic carbocycles. The first-order valence-electron chi connectivity index (χ1n) is 9.32. The summed E-state index contributed by atoms with van der Waals surface area (Å²) in [5.41, 5.74) is 3.67. The lowest BCUT2D eigenvalue weighted by Gasteiger charge is -2.19. The molecule has 8 heteroatoms. The second kappa shape index (κ2) is 10.7. The Morgan fingerprint density at radius 1 is 1.31 bits per heavy atom. The van der Waals surface area contributed by atoms with Crippen molar-refractivity contribution in [2.45, 2.75) is 59.0 Å². The van der Waals surface area contributed by atoms with Gasteiger partial charge in [0.1, 0.15) is 0 Å². The smallest absolute Gasteiger partial charge is 0.222 e. The highest BCUT2D eigenvalue weighted by atomic mass is 127. The van der Waals surface area contributed by atoms with E-state index in [4.69, 9.17) is 0 Å². The molecule has 0 aromatic carbocycles. The lowest BCUT2D eigenvalue weighted by atomic mass is 10.1. The quantitative estimate of drug-likeness (QED) is 0.374. The minimum Gasteiger partial charge on any atom is -0.352 e. The summed E-state index contributed by atoms with van der Waals surface area (Å²) in [5, 5.41) is 11.5. The Hall–Kier alpha value is -1.32. The van der Waals surface area contributed by atoms with Gasteiger partial charge in [0.2, 0.25) is 5.91 Å². The lowest BCUT2D eigenvalue weighted by Crippen LogP contribution is -2.44. The van der Waals surface area contributed by atoms with Crippen LogP contribution in [0, 0.1) is 0 Å². The van der Waals surface area contributed by atoms with E-state index in [1.54, 1.807) is 7.05 Å². The molecule has 1 saturated heterocycles. The van der Waals surface area contributed by atoms with Crippen LogP contribution in [0.3, 0.4) is 0 Å². The SMILES string of the molecule is CCC(=O)N1CCC(NC(=NC)NCc2c(CC)nn(C)c2CC)C1.I. The first-order valence-corrected chi connectivity index (χ1v) is 9.32. The van der Waals surface area contributed by atoms with Crippen LogP contribution < -0.4 is 10.6 Å². The fraction of sp³-hybridized carbons (Fsp3) is 0.722. The molecule has 1 aliphatic heterocycles. The molecule has 7 nitrogen and oxygen atoms in total. The third kappa shape index (κ3) is 5.34. The molecule has 2 N–H and O–H groups in total. The van der Waals surface area contributed by atoms with Crippen molar-refractivity contribution < 1.29 is 4.79 Å². The number of hydrogen-bond acceptors (Lipinski definition) is 3. The number of hydrogen-bond donors (Lipinski definition) is 2. The van der Waals surface area contributed by atoms with Gasteiger partial charge in [0, 0.05) is 57.4 Å². The highest BCUT2D eigenvalue weighted by molar-refractivity contribution is 14.0. The molecule has 1 fully saturated rings. The molecule has 0 spiro atoms. The van der Waals surface area contributed by atoms with Crippen molar-refractivity contribution >= 4 is 35.8 Å². The number of rotatable bonds is 6. The number of amides is 1. The Morgan fingerprint density at radius 3 is 2.62 bits per heavy atom. The van der Waals surface area contributed by atoms with Gasteiger partial charge in [0.15, 0.2) is 5.96 Å². The largest absolute Gasteiger partial charge is 0.352 e. The Bertz CT molecular complexity index is 627. The van der Waals surface area contributed by atoms with Crippen LogP contribution in [-0.4, -0.2) is 52.7 Å². The Morgan fingerprint density at radius 2 is 2.04 bits per heavy atom. The van der Waals surface area contributed by atoms with Crippen molar-refractivity contribution in [3.8, 4) is 0 Å². The number of aromatic nitrogens is 2. The van der Waals surface area contributed by atoms with Gasteiger partial charge in [-0.25, -0.2) is 0 Å². The van der Waals surface area contributed by atoms with Gasteiger partial charge < -0.3 is 15.5 Å². The van der Waals surface area contributed by atoms with E-state index in [1.165, 1.54) is 11.3 Å². The van der Waals surface area contributed by atoms with Crippen LogP contribution >= 0.6 is 24.0 Å². The Kier molecular flexibility index (Phi) is 9.38. The van der Waals surface area contributed by atoms with Crippen LogP contribution in [-0.2, 0) is 31.2 Å². The van der Waals surface area contributed by atoms with Crippen molar-refractivity contribution in [1.82, 2.24) is 25.3 Å². The number of aryl methyl sites for hydroxylation is 2. The minimum atomic E-state index is 0. The fourth-order valence-electron chi connectivity index (χ4n) is 3.48. The summed E-state index contributed by atoms with van der Waals surface area (Å²) in [6.07, 6.45) is 3.41. The van der Waals surface area contributed by atoms with Crippen LogP contribution in [0.2, 0.25) is 0 Å². The van der Waals surface area contributed by atoms with Crippen LogP contribution in [0.1, 0.15) is 50.6 Å². The summed E-state index contributed by atoms with van der Waals surface area (Å²) in [6, 6.07) is 0.256. The van der Waals surface area contributed by atoms with Crippen molar-refractivity contribution in [2.75, 3.05) is 20.1 Å². The van der Waals surface area contributed by atoms with E-state index < -0.39 is 0 Å². The lowest BCUT2D eigenvalue weighted by molar-refractivity contribution is -0.129. The maximum atomic E-state index is 11.8. The average molecular weight is 476 g/mol. The number of nitrogens with zero attached hydrogens (tertiary/aromatic N) is 4. The van der Waals surface area contributed by atoms with E-state index in [2.05, 4.69) is 34.6 Å². The molecule has 0 saturated carbocycles. The molecule has 0 radical (unpaired) electrons. The minimum absolute atomic E-state index is 0. The first kappa shape index (κ1) is 22.7. The highest BCUT2D eigenvalue weighted by Crippen LogP contribution is 2.15. The van der Waals surface area contributed by atoms with Crippen LogP contribution in [0.15, 0.2) is 4.99 Å². The molecule has 1 aliphatic rings. The molecule has 1 unspecified atom stereocenters. The molecule has 2 rings (SSSR count). The molecule has 2 heterocycles. The topological polar surface area (TPSA) is 74.6 Å². The summed E-state index contributed by atoms with van der Waals surface area (Å²) in [6.45, 7) is 8.49. The van der Waals surface area contributed by atoms with Gasteiger partial charge >= 0.3 is 0 Å². The van der Waals surface area contributed by atoms with Gasteiger partial charge in [0.25, 0.3) is 0 Å². The van der Waals surface area contributed by atoms with E-state index >= 15 is 0 Å². The summed E-state index contributed by atoms with van der Waals surface area (Å²) in [4.78, 5) is 18.1. The van der Waals surface area contributed by atoms with E-state index in [-0.39, 0.29) is 35.9 Å². The van der Waals surface area contributed by atoms with Crippen molar-refractivity contribution in [3.05, 3.63) is 17.0 Å². The second-order valence-electron chi connectivity index (χ2n) is 6.45. The van der Waals surface area contributed by atoms with Gasteiger partial charge in [-0.1, -0.05) is 20.8 Å². The van der Waals surface area contributed by atoms with Crippen molar-refractivity contribution in [1.29, 1.82) is 0 Å². The zero-order chi connectivity index (χ0) is 18.4. The van der Waals surface area contributed by atoms with E-state index in [9.17, 15) is 4.79 Å². The maximum Gasteiger partial charge on any atom is 0.222 e. The third-order valence-electron chi connectivity index (χ3n) is 4.87. The second-order valence-corrected chi connectivity index (χ2v) is 6.45. The molecule has 1 aromatic heterocycles. The van der Waals surface area contributed by atoms with Crippen molar-refractivity contribution in [3.63, 3.8) is 0 Å². The number of likely N-dealkylation sites (tertiary alicyclic amines) is 1.